The third-order valence-electron chi connectivity index (χ3n) is 6.46. The quantitative estimate of drug-likeness (QED) is 0.720. The number of nitrogens with zero attached hydrogens (tertiary/aromatic N) is 2. The molecule has 0 bridgehead atoms. The highest BCUT2D eigenvalue weighted by molar-refractivity contribution is 5.70. The zero-order chi connectivity index (χ0) is 21.2. The molecule has 0 radical (unpaired) electrons. The second-order valence-electron chi connectivity index (χ2n) is 8.99. The number of phenolic OH excluding ortho intramolecular Hbond substituents is 1. The summed E-state index contributed by atoms with van der Waals surface area (Å²) in [5.41, 5.74) is 0.488. The molecule has 0 aliphatic carbocycles. The van der Waals surface area contributed by atoms with E-state index in [4.69, 9.17) is 0 Å². The fourth-order valence-electron chi connectivity index (χ4n) is 4.42. The van der Waals surface area contributed by atoms with E-state index in [1.54, 1.807) is 12.1 Å². The van der Waals surface area contributed by atoms with Gasteiger partial charge in [-0.2, -0.15) is 5.26 Å². The van der Waals surface area contributed by atoms with Gasteiger partial charge in [-0.25, -0.2) is 8.78 Å². The van der Waals surface area contributed by atoms with Crippen molar-refractivity contribution < 1.29 is 13.9 Å². The van der Waals surface area contributed by atoms with Gasteiger partial charge >= 0.3 is 0 Å². The van der Waals surface area contributed by atoms with Crippen LogP contribution >= 0.6 is 0 Å². The Balaban J connectivity index is 1.79. The molecular weight excluding hydrogens is 370 g/mol. The second kappa shape index (κ2) is 8.12. The van der Waals surface area contributed by atoms with E-state index < -0.39 is 17.4 Å². The van der Waals surface area contributed by atoms with Gasteiger partial charge in [0.25, 0.3) is 0 Å². The van der Waals surface area contributed by atoms with Crippen molar-refractivity contribution >= 4 is 0 Å². The number of hydrogen-bond donors (Lipinski definition) is 1. The largest absolute Gasteiger partial charge is 0.504 e. The lowest BCUT2D eigenvalue weighted by molar-refractivity contribution is -0.0662. The summed E-state index contributed by atoms with van der Waals surface area (Å²) in [6.45, 7) is 6.90. The van der Waals surface area contributed by atoms with Gasteiger partial charge in [0.15, 0.2) is 11.6 Å². The maximum atomic E-state index is 15.3. The third-order valence-corrected chi connectivity index (χ3v) is 6.46. The van der Waals surface area contributed by atoms with Crippen molar-refractivity contribution in [3.8, 4) is 22.9 Å². The summed E-state index contributed by atoms with van der Waals surface area (Å²) >= 11 is 0. The molecule has 1 saturated heterocycles. The molecule has 0 saturated carbocycles. The molecule has 154 valence electrons. The highest BCUT2D eigenvalue weighted by atomic mass is 19.1. The Hall–Kier alpha value is -2.45. The number of phenols is 1. The van der Waals surface area contributed by atoms with Crippen molar-refractivity contribution in [2.24, 2.45) is 10.8 Å². The lowest BCUT2D eigenvalue weighted by Crippen LogP contribution is -2.54. The van der Waals surface area contributed by atoms with Crippen molar-refractivity contribution in [1.29, 1.82) is 5.26 Å². The molecule has 2 aromatic carbocycles. The SMILES string of the molecule is CC(C)(C)C1(CC#N)CCN(Cc2ccc(-c3ccccc3)c(O)c2F)CC1F. The minimum Gasteiger partial charge on any atom is -0.504 e. The molecule has 1 aliphatic rings. The highest BCUT2D eigenvalue weighted by Gasteiger charge is 2.51. The Morgan fingerprint density at radius 2 is 1.90 bits per heavy atom. The minimum absolute atomic E-state index is 0.152. The van der Waals surface area contributed by atoms with Gasteiger partial charge in [-0.05, 0) is 23.9 Å². The van der Waals surface area contributed by atoms with Gasteiger partial charge in [-0.3, -0.25) is 4.90 Å². The number of halogens is 2. The van der Waals surface area contributed by atoms with E-state index in [0.29, 0.717) is 24.1 Å². The molecule has 0 amide bonds. The van der Waals surface area contributed by atoms with Crippen LogP contribution in [0.5, 0.6) is 5.75 Å². The first-order chi connectivity index (χ1) is 13.7. The van der Waals surface area contributed by atoms with Crippen LogP contribution in [0, 0.1) is 28.0 Å². The molecule has 2 unspecified atom stereocenters. The van der Waals surface area contributed by atoms with Crippen LogP contribution in [0.1, 0.15) is 39.2 Å². The van der Waals surface area contributed by atoms with Gasteiger partial charge in [0.2, 0.25) is 0 Å². The van der Waals surface area contributed by atoms with Gasteiger partial charge in [0.1, 0.15) is 6.17 Å². The monoisotopic (exact) mass is 398 g/mol. The number of piperidine rings is 1. The van der Waals surface area contributed by atoms with E-state index in [9.17, 15) is 14.8 Å². The van der Waals surface area contributed by atoms with Crippen molar-refractivity contribution in [2.75, 3.05) is 13.1 Å². The molecule has 29 heavy (non-hydrogen) atoms. The molecule has 0 aromatic heterocycles. The third kappa shape index (κ3) is 4.00. The summed E-state index contributed by atoms with van der Waals surface area (Å²) < 4.78 is 30.1. The van der Waals surface area contributed by atoms with Gasteiger partial charge in [-0.15, -0.1) is 0 Å². The number of benzene rings is 2. The average molecular weight is 398 g/mol. The van der Waals surface area contributed by atoms with Crippen molar-refractivity contribution in [1.82, 2.24) is 4.90 Å². The van der Waals surface area contributed by atoms with Crippen molar-refractivity contribution in [3.63, 3.8) is 0 Å². The first-order valence-electron chi connectivity index (χ1n) is 9.99. The van der Waals surface area contributed by atoms with Gasteiger partial charge in [0.05, 0.1) is 6.07 Å². The lowest BCUT2D eigenvalue weighted by Gasteiger charge is -2.51. The van der Waals surface area contributed by atoms with Gasteiger partial charge in [0, 0.05) is 36.1 Å². The standard InChI is InChI=1S/C24H28F2N2O/c1-23(2,3)24(11-13-27)12-14-28(16-20(24)25)15-18-9-10-19(22(29)21(18)26)17-7-5-4-6-8-17/h4-10,20,29H,11-12,14-16H2,1-3H3. The first-order valence-corrected chi connectivity index (χ1v) is 9.99. The Labute approximate surface area is 171 Å². The maximum Gasteiger partial charge on any atom is 0.169 e. The maximum absolute atomic E-state index is 15.3. The first kappa shape index (κ1) is 21.3. The van der Waals surface area contributed by atoms with E-state index in [1.807, 2.05) is 56.0 Å². The molecule has 1 aliphatic heterocycles. The fourth-order valence-corrected chi connectivity index (χ4v) is 4.42. The summed E-state index contributed by atoms with van der Waals surface area (Å²) in [5.74, 6) is -1.04. The smallest absolute Gasteiger partial charge is 0.169 e. The van der Waals surface area contributed by atoms with Crippen LogP contribution in [-0.2, 0) is 6.54 Å². The Morgan fingerprint density at radius 1 is 1.21 bits per heavy atom. The Morgan fingerprint density at radius 3 is 2.48 bits per heavy atom. The lowest BCUT2D eigenvalue weighted by atomic mass is 9.59. The fraction of sp³-hybridized carbons (Fsp3) is 0.458. The highest BCUT2D eigenvalue weighted by Crippen LogP contribution is 2.50. The van der Waals surface area contributed by atoms with Crippen LogP contribution < -0.4 is 0 Å². The molecule has 3 nitrogen and oxygen atoms in total. The Kier molecular flexibility index (Phi) is 5.95. The Bertz CT molecular complexity index is 902. The zero-order valence-corrected chi connectivity index (χ0v) is 17.3. The van der Waals surface area contributed by atoms with Gasteiger partial charge in [-0.1, -0.05) is 63.2 Å². The number of rotatable bonds is 4. The van der Waals surface area contributed by atoms with Crippen LogP contribution in [-0.4, -0.2) is 29.3 Å². The van der Waals surface area contributed by atoms with Crippen LogP contribution in [0.4, 0.5) is 8.78 Å². The second-order valence-corrected chi connectivity index (χ2v) is 8.99. The van der Waals surface area contributed by atoms with E-state index in [1.165, 1.54) is 0 Å². The average Bonchev–Trinajstić information content (AvgIpc) is 2.67. The molecule has 1 heterocycles. The number of aromatic hydroxyl groups is 1. The predicted molar refractivity (Wildman–Crippen MR) is 110 cm³/mol. The number of nitriles is 1. The predicted octanol–water partition coefficient (Wildman–Crippen LogP) is 5.69. The number of likely N-dealkylation sites (tertiary alicyclic amines) is 1. The minimum atomic E-state index is -1.17. The molecule has 1 N–H and O–H groups in total. The van der Waals surface area contributed by atoms with Crippen LogP contribution in [0.25, 0.3) is 11.1 Å². The van der Waals surface area contributed by atoms with E-state index >= 15 is 4.39 Å². The molecule has 5 heteroatoms. The van der Waals surface area contributed by atoms with Crippen LogP contribution in [0.2, 0.25) is 0 Å². The molecule has 1 fully saturated rings. The van der Waals surface area contributed by atoms with Crippen molar-refractivity contribution in [2.45, 2.75) is 46.3 Å². The summed E-state index contributed by atoms with van der Waals surface area (Å²) in [4.78, 5) is 1.87. The topological polar surface area (TPSA) is 47.3 Å². The van der Waals surface area contributed by atoms with Crippen LogP contribution in [0.15, 0.2) is 42.5 Å². The molecule has 3 rings (SSSR count). The number of hydrogen-bond acceptors (Lipinski definition) is 3. The summed E-state index contributed by atoms with van der Waals surface area (Å²) in [6.07, 6.45) is -0.455. The summed E-state index contributed by atoms with van der Waals surface area (Å²) in [5, 5.41) is 19.6. The molecular formula is C24H28F2N2O. The van der Waals surface area contributed by atoms with E-state index in [0.717, 1.165) is 5.56 Å². The molecule has 2 atom stereocenters. The normalized spacial score (nSPS) is 23.0. The van der Waals surface area contributed by atoms with E-state index in [-0.39, 0.29) is 30.7 Å². The summed E-state index contributed by atoms with van der Waals surface area (Å²) in [6, 6.07) is 14.7. The number of alkyl halides is 1. The molecule has 2 aromatic rings. The zero-order valence-electron chi connectivity index (χ0n) is 17.3. The van der Waals surface area contributed by atoms with Gasteiger partial charge < -0.3 is 5.11 Å². The summed E-state index contributed by atoms with van der Waals surface area (Å²) in [7, 11) is 0. The van der Waals surface area contributed by atoms with E-state index in [2.05, 4.69) is 6.07 Å². The van der Waals surface area contributed by atoms with Crippen LogP contribution in [0.3, 0.4) is 0 Å². The molecule has 0 spiro atoms. The van der Waals surface area contributed by atoms with Crippen molar-refractivity contribution in [3.05, 3.63) is 53.8 Å².